The van der Waals surface area contributed by atoms with Crippen molar-refractivity contribution >= 4 is 43.2 Å². The van der Waals surface area contributed by atoms with Gasteiger partial charge >= 0.3 is 0 Å². The van der Waals surface area contributed by atoms with E-state index < -0.39 is 0 Å². The predicted molar refractivity (Wildman–Crippen MR) is 102 cm³/mol. The van der Waals surface area contributed by atoms with Gasteiger partial charge in [-0.25, -0.2) is 0 Å². The smallest absolute Gasteiger partial charge is 0.0486 e. The van der Waals surface area contributed by atoms with Gasteiger partial charge in [-0.05, 0) is 74.9 Å². The minimum Gasteiger partial charge on any atom is -0.381 e. The summed E-state index contributed by atoms with van der Waals surface area (Å²) in [5.41, 5.74) is 2.36. The summed E-state index contributed by atoms with van der Waals surface area (Å²) in [6.45, 7) is 2.33. The van der Waals surface area contributed by atoms with Gasteiger partial charge in [0, 0.05) is 32.4 Å². The largest absolute Gasteiger partial charge is 0.381 e. The average molecular weight is 424 g/mol. The van der Waals surface area contributed by atoms with E-state index in [1.54, 1.807) is 0 Å². The molecule has 0 bridgehead atoms. The number of rotatable bonds is 4. The third kappa shape index (κ3) is 3.49. The fourth-order valence-electron chi connectivity index (χ4n) is 3.13. The standard InChI is InChI=1S/C18H20Br2N2/c1-12-15(21-17-8-4-2-6-13(17)19)10-11-16(12)22-18-9-5-3-7-14(18)20/h2-9,12,15-16,21-22H,10-11H2,1H3. The molecule has 0 aliphatic heterocycles. The summed E-state index contributed by atoms with van der Waals surface area (Å²) in [6, 6.07) is 17.7. The van der Waals surface area contributed by atoms with Crippen molar-refractivity contribution in [3.8, 4) is 0 Å². The minimum absolute atomic E-state index is 0.499. The zero-order chi connectivity index (χ0) is 15.5. The highest BCUT2D eigenvalue weighted by molar-refractivity contribution is 9.11. The Morgan fingerprint density at radius 1 is 0.773 bits per heavy atom. The van der Waals surface area contributed by atoms with E-state index in [-0.39, 0.29) is 0 Å². The van der Waals surface area contributed by atoms with E-state index in [1.165, 1.54) is 24.2 Å². The number of halogens is 2. The van der Waals surface area contributed by atoms with Crippen LogP contribution in [0, 0.1) is 5.92 Å². The van der Waals surface area contributed by atoms with Crippen molar-refractivity contribution in [1.29, 1.82) is 0 Å². The molecule has 2 aromatic rings. The Bertz CT molecular complexity index is 589. The number of nitrogens with one attached hydrogen (secondary N) is 2. The second kappa shape index (κ2) is 7.05. The molecule has 0 aromatic heterocycles. The summed E-state index contributed by atoms with van der Waals surface area (Å²) in [5, 5.41) is 7.38. The van der Waals surface area contributed by atoms with Crippen molar-refractivity contribution in [1.82, 2.24) is 0 Å². The van der Waals surface area contributed by atoms with Crippen LogP contribution < -0.4 is 10.6 Å². The van der Waals surface area contributed by atoms with Crippen molar-refractivity contribution in [2.45, 2.75) is 31.8 Å². The molecule has 0 amide bonds. The molecule has 116 valence electrons. The van der Waals surface area contributed by atoms with Gasteiger partial charge in [0.2, 0.25) is 0 Å². The molecule has 1 saturated carbocycles. The number of benzene rings is 2. The van der Waals surface area contributed by atoms with Crippen LogP contribution in [0.25, 0.3) is 0 Å². The van der Waals surface area contributed by atoms with Crippen LogP contribution in [0.2, 0.25) is 0 Å². The normalized spacial score (nSPS) is 24.2. The Morgan fingerprint density at radius 2 is 1.18 bits per heavy atom. The summed E-state index contributed by atoms with van der Waals surface area (Å²) < 4.78 is 2.26. The quantitative estimate of drug-likeness (QED) is 0.639. The van der Waals surface area contributed by atoms with E-state index >= 15 is 0 Å². The Balaban J connectivity index is 1.66. The molecule has 1 fully saturated rings. The first-order chi connectivity index (χ1) is 10.6. The van der Waals surface area contributed by atoms with E-state index in [0.29, 0.717) is 18.0 Å². The maximum atomic E-state index is 3.69. The van der Waals surface area contributed by atoms with Gasteiger partial charge in [-0.2, -0.15) is 0 Å². The van der Waals surface area contributed by atoms with E-state index in [9.17, 15) is 0 Å². The van der Waals surface area contributed by atoms with Gasteiger partial charge < -0.3 is 10.6 Å². The van der Waals surface area contributed by atoms with Crippen molar-refractivity contribution < 1.29 is 0 Å². The van der Waals surface area contributed by atoms with Crippen LogP contribution in [-0.4, -0.2) is 12.1 Å². The molecule has 0 saturated heterocycles. The Hall–Kier alpha value is -1.00. The van der Waals surface area contributed by atoms with Gasteiger partial charge in [0.05, 0.1) is 0 Å². The maximum absolute atomic E-state index is 3.69. The van der Waals surface area contributed by atoms with Crippen molar-refractivity contribution in [2.75, 3.05) is 10.6 Å². The molecule has 0 spiro atoms. The molecule has 2 aromatic carbocycles. The van der Waals surface area contributed by atoms with E-state index in [0.717, 1.165) is 8.95 Å². The summed E-state index contributed by atoms with van der Waals surface area (Å²) in [5.74, 6) is 0.569. The Kier molecular flexibility index (Phi) is 5.09. The average Bonchev–Trinajstić information content (AvgIpc) is 2.85. The lowest BCUT2D eigenvalue weighted by molar-refractivity contribution is 0.517. The SMILES string of the molecule is CC1C(Nc2ccccc2Br)CCC1Nc1ccccc1Br. The van der Waals surface area contributed by atoms with Crippen molar-refractivity contribution in [3.05, 3.63) is 57.5 Å². The lowest BCUT2D eigenvalue weighted by Gasteiger charge is -2.25. The lowest BCUT2D eigenvalue weighted by Crippen LogP contribution is -2.31. The summed E-state index contributed by atoms with van der Waals surface area (Å²) in [6.07, 6.45) is 2.37. The minimum atomic E-state index is 0.499. The summed E-state index contributed by atoms with van der Waals surface area (Å²) in [4.78, 5) is 0. The molecular weight excluding hydrogens is 404 g/mol. The van der Waals surface area contributed by atoms with Crippen LogP contribution in [0.3, 0.4) is 0 Å². The molecular formula is C18H20Br2N2. The van der Waals surface area contributed by atoms with Crippen molar-refractivity contribution in [2.24, 2.45) is 5.92 Å². The van der Waals surface area contributed by atoms with Gasteiger partial charge in [-0.3, -0.25) is 0 Å². The van der Waals surface area contributed by atoms with Gasteiger partial charge in [0.1, 0.15) is 0 Å². The highest BCUT2D eigenvalue weighted by Crippen LogP contribution is 2.34. The third-order valence-electron chi connectivity index (χ3n) is 4.49. The molecule has 2 nitrogen and oxygen atoms in total. The molecule has 1 aliphatic carbocycles. The van der Waals surface area contributed by atoms with Crippen LogP contribution in [0.5, 0.6) is 0 Å². The fourth-order valence-corrected chi connectivity index (χ4v) is 3.93. The third-order valence-corrected chi connectivity index (χ3v) is 5.87. The van der Waals surface area contributed by atoms with Crippen LogP contribution in [-0.2, 0) is 0 Å². The van der Waals surface area contributed by atoms with E-state index in [1.807, 2.05) is 12.1 Å². The number of anilines is 2. The van der Waals surface area contributed by atoms with Crippen molar-refractivity contribution in [3.63, 3.8) is 0 Å². The molecule has 3 rings (SSSR count). The molecule has 1 aliphatic rings. The Morgan fingerprint density at radius 3 is 1.59 bits per heavy atom. The van der Waals surface area contributed by atoms with Crippen LogP contribution >= 0.6 is 31.9 Å². The summed E-state index contributed by atoms with van der Waals surface area (Å²) >= 11 is 7.24. The van der Waals surface area contributed by atoms with Crippen LogP contribution in [0.15, 0.2) is 57.5 Å². The second-order valence-corrected chi connectivity index (χ2v) is 7.61. The first-order valence-corrected chi connectivity index (χ1v) is 9.26. The van der Waals surface area contributed by atoms with Gasteiger partial charge in [-0.1, -0.05) is 31.2 Å². The zero-order valence-electron chi connectivity index (χ0n) is 12.5. The second-order valence-electron chi connectivity index (χ2n) is 5.90. The molecule has 2 atom stereocenters. The molecule has 0 radical (unpaired) electrons. The highest BCUT2D eigenvalue weighted by atomic mass is 79.9. The van der Waals surface area contributed by atoms with Crippen LogP contribution in [0.4, 0.5) is 11.4 Å². The predicted octanol–water partition coefficient (Wildman–Crippen LogP) is 5.90. The molecule has 0 heterocycles. The van der Waals surface area contributed by atoms with E-state index in [2.05, 4.69) is 85.8 Å². The topological polar surface area (TPSA) is 24.1 Å². The first-order valence-electron chi connectivity index (χ1n) is 7.67. The number of hydrogen-bond acceptors (Lipinski definition) is 2. The monoisotopic (exact) mass is 422 g/mol. The van der Waals surface area contributed by atoms with E-state index in [4.69, 9.17) is 0 Å². The molecule has 2 unspecified atom stereocenters. The highest BCUT2D eigenvalue weighted by Gasteiger charge is 2.33. The van der Waals surface area contributed by atoms with Gasteiger partial charge in [0.25, 0.3) is 0 Å². The van der Waals surface area contributed by atoms with Gasteiger partial charge in [0.15, 0.2) is 0 Å². The van der Waals surface area contributed by atoms with Crippen LogP contribution in [0.1, 0.15) is 19.8 Å². The number of hydrogen-bond donors (Lipinski definition) is 2. The molecule has 4 heteroatoms. The molecule has 2 N–H and O–H groups in total. The maximum Gasteiger partial charge on any atom is 0.0486 e. The van der Waals surface area contributed by atoms with Gasteiger partial charge in [-0.15, -0.1) is 0 Å². The molecule has 22 heavy (non-hydrogen) atoms. The summed E-state index contributed by atoms with van der Waals surface area (Å²) in [7, 11) is 0. The lowest BCUT2D eigenvalue weighted by atomic mass is 10.0. The Labute approximate surface area is 149 Å². The number of para-hydroxylation sites is 2. The fraction of sp³-hybridized carbons (Fsp3) is 0.333. The zero-order valence-corrected chi connectivity index (χ0v) is 15.7. The first kappa shape index (κ1) is 15.9.